The molecule has 120 valence electrons. The third kappa shape index (κ3) is 5.06. The second-order valence-electron chi connectivity index (χ2n) is 4.41. The van der Waals surface area contributed by atoms with Gasteiger partial charge in [-0.1, -0.05) is 0 Å². The summed E-state index contributed by atoms with van der Waals surface area (Å²) in [5.74, 6) is 1.69. The van der Waals surface area contributed by atoms with Crippen molar-refractivity contribution in [1.82, 2.24) is 0 Å². The normalized spacial score (nSPS) is 10.8. The largest absolute Gasteiger partial charge is 0.493 e. The topological polar surface area (TPSA) is 68.9 Å². The van der Waals surface area contributed by atoms with Crippen LogP contribution in [0.15, 0.2) is 35.3 Å². The Balaban J connectivity index is 0.00000242. The maximum absolute atomic E-state index is 5.89. The van der Waals surface area contributed by atoms with Crippen molar-refractivity contribution in [3.8, 4) is 11.5 Å². The number of hydrogen-bond donors (Lipinski definition) is 2. The van der Waals surface area contributed by atoms with Crippen LogP contribution in [0.4, 0.5) is 5.69 Å². The summed E-state index contributed by atoms with van der Waals surface area (Å²) >= 11 is 1.72. The highest BCUT2D eigenvalue weighted by Gasteiger charge is 2.05. The molecule has 0 aliphatic heterocycles. The van der Waals surface area contributed by atoms with Crippen molar-refractivity contribution in [2.75, 3.05) is 19.5 Å². The lowest BCUT2D eigenvalue weighted by Crippen LogP contribution is -2.22. The Morgan fingerprint density at radius 1 is 1.18 bits per heavy atom. The van der Waals surface area contributed by atoms with E-state index in [1.54, 1.807) is 25.6 Å². The van der Waals surface area contributed by atoms with Crippen molar-refractivity contribution in [1.29, 1.82) is 0 Å². The summed E-state index contributed by atoms with van der Waals surface area (Å²) in [7, 11) is 3.20. The Morgan fingerprint density at radius 2 is 1.91 bits per heavy atom. The van der Waals surface area contributed by atoms with Crippen LogP contribution >= 0.6 is 35.3 Å². The van der Waals surface area contributed by atoms with E-state index in [1.165, 1.54) is 9.75 Å². The number of methoxy groups -OCH3 is 2. The van der Waals surface area contributed by atoms with Crippen LogP contribution in [-0.2, 0) is 6.54 Å². The molecule has 5 nitrogen and oxygen atoms in total. The molecule has 7 heteroatoms. The zero-order chi connectivity index (χ0) is 15.2. The molecule has 0 bridgehead atoms. The number of rotatable bonds is 5. The Hall–Kier alpha value is -1.48. The van der Waals surface area contributed by atoms with Crippen LogP contribution in [0.1, 0.15) is 9.75 Å². The van der Waals surface area contributed by atoms with Crippen molar-refractivity contribution in [2.45, 2.75) is 13.5 Å². The van der Waals surface area contributed by atoms with Crippen LogP contribution in [0.3, 0.4) is 0 Å². The Labute approximate surface area is 151 Å². The van der Waals surface area contributed by atoms with E-state index in [1.807, 2.05) is 18.2 Å². The average Bonchev–Trinajstić information content (AvgIpc) is 2.90. The molecular formula is C15H20IN3O2S. The number of benzene rings is 1. The number of nitrogens with two attached hydrogens (primary N) is 1. The molecule has 0 saturated heterocycles. The maximum atomic E-state index is 5.89. The molecule has 0 radical (unpaired) electrons. The molecule has 0 amide bonds. The first kappa shape index (κ1) is 18.6. The van der Waals surface area contributed by atoms with Gasteiger partial charge in [-0.05, 0) is 31.2 Å². The number of thiophene rings is 1. The molecule has 0 spiro atoms. The van der Waals surface area contributed by atoms with Crippen molar-refractivity contribution in [3.63, 3.8) is 0 Å². The Kier molecular flexibility index (Phi) is 7.46. The molecule has 1 aromatic heterocycles. The van der Waals surface area contributed by atoms with E-state index in [9.17, 15) is 0 Å². The van der Waals surface area contributed by atoms with Gasteiger partial charge >= 0.3 is 0 Å². The lowest BCUT2D eigenvalue weighted by molar-refractivity contribution is 0.355. The summed E-state index contributed by atoms with van der Waals surface area (Å²) in [4.78, 5) is 6.78. The number of nitrogens with zero attached hydrogens (tertiary/aromatic N) is 1. The minimum atomic E-state index is 0. The maximum Gasteiger partial charge on any atom is 0.193 e. The molecule has 2 aromatic rings. The van der Waals surface area contributed by atoms with Crippen LogP contribution in [0.2, 0.25) is 0 Å². The van der Waals surface area contributed by atoms with Gasteiger partial charge in [0.15, 0.2) is 17.5 Å². The molecule has 0 saturated carbocycles. The van der Waals surface area contributed by atoms with Crippen LogP contribution in [-0.4, -0.2) is 20.2 Å². The van der Waals surface area contributed by atoms with Crippen molar-refractivity contribution in [3.05, 3.63) is 40.1 Å². The van der Waals surface area contributed by atoms with Crippen molar-refractivity contribution >= 4 is 47.0 Å². The second-order valence-corrected chi connectivity index (χ2v) is 5.78. The predicted octanol–water partition coefficient (Wildman–Crippen LogP) is 3.62. The van der Waals surface area contributed by atoms with Crippen LogP contribution < -0.4 is 20.5 Å². The summed E-state index contributed by atoms with van der Waals surface area (Å²) in [6.07, 6.45) is 0. The summed E-state index contributed by atoms with van der Waals surface area (Å²) in [6, 6.07) is 9.63. The van der Waals surface area contributed by atoms with E-state index in [-0.39, 0.29) is 24.0 Å². The minimum Gasteiger partial charge on any atom is -0.493 e. The molecule has 0 fully saturated rings. The van der Waals surface area contributed by atoms with Crippen LogP contribution in [0.25, 0.3) is 0 Å². The lowest BCUT2D eigenvalue weighted by atomic mass is 10.3. The zero-order valence-corrected chi connectivity index (χ0v) is 15.9. The van der Waals surface area contributed by atoms with Gasteiger partial charge < -0.3 is 20.5 Å². The van der Waals surface area contributed by atoms with Gasteiger partial charge in [-0.2, -0.15) is 0 Å². The Morgan fingerprint density at radius 3 is 2.50 bits per heavy atom. The standard InChI is InChI=1S/C15H19N3O2S.HI/c1-10-4-6-12(21-10)9-17-15(16)18-11-5-7-13(19-2)14(8-11)20-3;/h4-8H,9H2,1-3H3,(H3,16,17,18);1H. The number of guanidine groups is 1. The summed E-state index contributed by atoms with van der Waals surface area (Å²) in [5, 5.41) is 3.04. The molecule has 0 atom stereocenters. The van der Waals surface area contributed by atoms with Gasteiger partial charge in [0.05, 0.1) is 20.8 Å². The zero-order valence-electron chi connectivity index (χ0n) is 12.8. The lowest BCUT2D eigenvalue weighted by Gasteiger charge is -2.10. The Bertz CT molecular complexity index is 643. The third-order valence-electron chi connectivity index (χ3n) is 2.86. The van der Waals surface area contributed by atoms with E-state index in [0.29, 0.717) is 24.0 Å². The van der Waals surface area contributed by atoms with Crippen molar-refractivity contribution in [2.24, 2.45) is 10.7 Å². The SMILES string of the molecule is COc1ccc(NC(N)=NCc2ccc(C)s2)cc1OC.I. The fourth-order valence-electron chi connectivity index (χ4n) is 1.83. The summed E-state index contributed by atoms with van der Waals surface area (Å²) in [5.41, 5.74) is 6.70. The van der Waals surface area contributed by atoms with Gasteiger partial charge in [0.25, 0.3) is 0 Å². The first-order chi connectivity index (χ1) is 10.1. The van der Waals surface area contributed by atoms with Crippen LogP contribution in [0.5, 0.6) is 11.5 Å². The molecule has 0 aliphatic rings. The highest BCUT2D eigenvalue weighted by Crippen LogP contribution is 2.29. The first-order valence-corrected chi connectivity index (χ1v) is 7.28. The third-order valence-corrected chi connectivity index (χ3v) is 3.84. The quantitative estimate of drug-likeness (QED) is 0.430. The summed E-state index contributed by atoms with van der Waals surface area (Å²) < 4.78 is 10.4. The number of halogens is 1. The molecule has 1 heterocycles. The number of anilines is 1. The smallest absolute Gasteiger partial charge is 0.193 e. The fraction of sp³-hybridized carbons (Fsp3) is 0.267. The van der Waals surface area contributed by atoms with Gasteiger partial charge in [-0.3, -0.25) is 0 Å². The predicted molar refractivity (Wildman–Crippen MR) is 103 cm³/mol. The monoisotopic (exact) mass is 433 g/mol. The molecular weight excluding hydrogens is 413 g/mol. The minimum absolute atomic E-state index is 0. The first-order valence-electron chi connectivity index (χ1n) is 6.46. The molecule has 3 N–H and O–H groups in total. The van der Waals surface area contributed by atoms with E-state index in [0.717, 1.165) is 5.69 Å². The molecule has 2 rings (SSSR count). The van der Waals surface area contributed by atoms with Gasteiger partial charge in [-0.15, -0.1) is 35.3 Å². The highest BCUT2D eigenvalue weighted by molar-refractivity contribution is 14.0. The number of hydrogen-bond acceptors (Lipinski definition) is 4. The van der Waals surface area contributed by atoms with E-state index in [4.69, 9.17) is 15.2 Å². The van der Waals surface area contributed by atoms with E-state index in [2.05, 4.69) is 29.4 Å². The number of ether oxygens (including phenoxy) is 2. The number of nitrogens with one attached hydrogen (secondary N) is 1. The van der Waals surface area contributed by atoms with Crippen molar-refractivity contribution < 1.29 is 9.47 Å². The second kappa shape index (κ2) is 8.84. The van der Waals surface area contributed by atoms with Gasteiger partial charge in [0, 0.05) is 21.5 Å². The molecule has 0 aliphatic carbocycles. The fourth-order valence-corrected chi connectivity index (χ4v) is 2.65. The van der Waals surface area contributed by atoms with Gasteiger partial charge in [0.1, 0.15) is 0 Å². The number of aryl methyl sites for hydroxylation is 1. The molecule has 22 heavy (non-hydrogen) atoms. The van der Waals surface area contributed by atoms with Crippen LogP contribution in [0, 0.1) is 6.92 Å². The number of aliphatic imine (C=N–C) groups is 1. The molecule has 1 aromatic carbocycles. The van der Waals surface area contributed by atoms with Gasteiger partial charge in [0.2, 0.25) is 0 Å². The molecule has 0 unspecified atom stereocenters. The summed E-state index contributed by atoms with van der Waals surface area (Å²) in [6.45, 7) is 2.65. The van der Waals surface area contributed by atoms with Gasteiger partial charge in [-0.25, -0.2) is 4.99 Å². The van der Waals surface area contributed by atoms with E-state index >= 15 is 0 Å². The average molecular weight is 433 g/mol. The highest BCUT2D eigenvalue weighted by atomic mass is 127. The van der Waals surface area contributed by atoms with E-state index < -0.39 is 0 Å².